The van der Waals surface area contributed by atoms with Crippen LogP contribution in [0.25, 0.3) is 0 Å². The van der Waals surface area contributed by atoms with Gasteiger partial charge in [0.25, 0.3) is 15.7 Å². The molecule has 1 heterocycles. The number of alkyl halides is 7. The van der Waals surface area contributed by atoms with Gasteiger partial charge in [-0.3, -0.25) is 14.9 Å². The monoisotopic (exact) mass is 573 g/mol. The zero-order valence-corrected chi connectivity index (χ0v) is 19.8. The van der Waals surface area contributed by atoms with E-state index < -0.39 is 61.0 Å². The Kier molecular flexibility index (Phi) is 7.81. The van der Waals surface area contributed by atoms with Crippen LogP contribution in [0.2, 0.25) is 0 Å². The van der Waals surface area contributed by atoms with Crippen molar-refractivity contribution in [2.75, 3.05) is 37.7 Å². The number of nitro benzene ring substituents is 1. The molecule has 0 spiro atoms. The quantitative estimate of drug-likeness (QED) is 0.268. The van der Waals surface area contributed by atoms with Crippen molar-refractivity contribution in [1.29, 1.82) is 0 Å². The number of carbonyl (C=O) groups is 1. The number of ether oxygens (including phenoxy) is 1. The van der Waals surface area contributed by atoms with Gasteiger partial charge in [-0.05, 0) is 24.3 Å². The number of nitrogens with zero attached hydrogens (tertiary/aromatic N) is 3. The summed E-state index contributed by atoms with van der Waals surface area (Å²) in [5.41, 5.74) is -0.418. The summed E-state index contributed by atoms with van der Waals surface area (Å²) in [5, 5.41) is 4.65. The normalized spacial score (nSPS) is 15.3. The highest BCUT2D eigenvalue weighted by molar-refractivity contribution is 7.92. The van der Waals surface area contributed by atoms with Gasteiger partial charge in [0.2, 0.25) is 0 Å². The van der Waals surface area contributed by atoms with E-state index in [0.717, 1.165) is 5.69 Å². The average Bonchev–Trinajstić information content (AvgIpc) is 2.86. The van der Waals surface area contributed by atoms with Crippen molar-refractivity contribution < 1.29 is 53.6 Å². The molecule has 0 atom stereocenters. The summed E-state index contributed by atoms with van der Waals surface area (Å²) in [5.74, 6) is -8.42. The van der Waals surface area contributed by atoms with E-state index in [4.69, 9.17) is 4.74 Å². The first-order valence-electron chi connectivity index (χ1n) is 10.6. The minimum absolute atomic E-state index is 0.140. The smallest absolute Gasteiger partial charge is 0.461 e. The molecule has 1 fully saturated rings. The Morgan fingerprint density at radius 2 is 1.53 bits per heavy atom. The number of piperazine rings is 1. The van der Waals surface area contributed by atoms with Crippen LogP contribution in [-0.4, -0.2) is 74.3 Å². The summed E-state index contributed by atoms with van der Waals surface area (Å²) in [6, 6.07) is 9.68. The molecule has 1 aliphatic rings. The molecule has 0 saturated carbocycles. The largest absolute Gasteiger partial charge is 0.477 e. The molecule has 0 bridgehead atoms. The van der Waals surface area contributed by atoms with Crippen LogP contribution in [-0.2, 0) is 14.6 Å². The maximum Gasteiger partial charge on any atom is 0.461 e. The molecule has 0 aromatic heterocycles. The third-order valence-electron chi connectivity index (χ3n) is 5.60. The molecule has 9 nitrogen and oxygen atoms in total. The van der Waals surface area contributed by atoms with E-state index in [1.54, 1.807) is 0 Å². The summed E-state index contributed by atoms with van der Waals surface area (Å²) in [6.07, 6.45) is -6.94. The van der Waals surface area contributed by atoms with Gasteiger partial charge in [-0.15, -0.1) is 0 Å². The maximum absolute atomic E-state index is 13.9. The van der Waals surface area contributed by atoms with Crippen molar-refractivity contribution in [2.45, 2.75) is 22.2 Å². The summed E-state index contributed by atoms with van der Waals surface area (Å²) < 4.78 is 121. The fourth-order valence-corrected chi connectivity index (χ4v) is 4.76. The van der Waals surface area contributed by atoms with Gasteiger partial charge in [0.05, 0.1) is 9.82 Å². The van der Waals surface area contributed by atoms with Crippen LogP contribution in [0.3, 0.4) is 0 Å². The molecule has 3 rings (SSSR count). The fraction of sp³-hybridized carbons (Fsp3) is 0.381. The van der Waals surface area contributed by atoms with Gasteiger partial charge in [-0.1, -0.05) is 18.2 Å². The van der Waals surface area contributed by atoms with Crippen molar-refractivity contribution in [3.05, 3.63) is 58.6 Å². The fourth-order valence-electron chi connectivity index (χ4n) is 3.49. The molecule has 1 saturated heterocycles. The highest BCUT2D eigenvalue weighted by Gasteiger charge is 2.78. The number of rotatable bonds is 8. The number of hydrogen-bond acceptors (Lipinski definition) is 7. The highest BCUT2D eigenvalue weighted by Crippen LogP contribution is 2.51. The Hall–Kier alpha value is -3.63. The van der Waals surface area contributed by atoms with E-state index in [2.05, 4.69) is 0 Å². The number of hydrogen-bond donors (Lipinski definition) is 0. The summed E-state index contributed by atoms with van der Waals surface area (Å²) in [7, 11) is -6.77. The van der Waals surface area contributed by atoms with Crippen molar-refractivity contribution in [3.63, 3.8) is 0 Å². The minimum atomic E-state index is -7.00. The average molecular weight is 573 g/mol. The number of sulfone groups is 1. The van der Waals surface area contributed by atoms with Crippen LogP contribution >= 0.6 is 0 Å². The van der Waals surface area contributed by atoms with Crippen molar-refractivity contribution in [3.8, 4) is 5.75 Å². The Bertz CT molecular complexity index is 1300. The number of nitro groups is 1. The van der Waals surface area contributed by atoms with Gasteiger partial charge in [-0.2, -0.15) is 30.7 Å². The molecule has 0 radical (unpaired) electrons. The molecule has 0 N–H and O–H groups in total. The Morgan fingerprint density at radius 3 is 2.05 bits per heavy atom. The molecule has 0 aliphatic carbocycles. The van der Waals surface area contributed by atoms with Gasteiger partial charge in [-0.25, -0.2) is 8.42 Å². The third kappa shape index (κ3) is 5.32. The van der Waals surface area contributed by atoms with Crippen molar-refractivity contribution in [1.82, 2.24) is 4.90 Å². The second-order valence-corrected chi connectivity index (χ2v) is 9.96. The van der Waals surface area contributed by atoms with Crippen LogP contribution in [0, 0.1) is 10.1 Å². The second kappa shape index (κ2) is 10.3. The molecule has 208 valence electrons. The first-order valence-corrected chi connectivity index (χ1v) is 12.0. The molecule has 17 heteroatoms. The first-order chi connectivity index (χ1) is 17.5. The molecular formula is C21H18F7N3O6S. The molecule has 0 unspecified atom stereocenters. The maximum atomic E-state index is 13.9. The molecular weight excluding hydrogens is 555 g/mol. The van der Waals surface area contributed by atoms with Gasteiger partial charge in [0, 0.05) is 37.9 Å². The van der Waals surface area contributed by atoms with Gasteiger partial charge < -0.3 is 14.5 Å². The predicted molar refractivity (Wildman–Crippen MR) is 117 cm³/mol. The zero-order chi connectivity index (χ0) is 28.5. The van der Waals surface area contributed by atoms with Crippen LogP contribution in [0.15, 0.2) is 53.4 Å². The summed E-state index contributed by atoms with van der Waals surface area (Å²) in [4.78, 5) is 24.0. The molecule has 2 aromatic rings. The van der Waals surface area contributed by atoms with Crippen molar-refractivity contribution in [2.24, 2.45) is 0 Å². The van der Waals surface area contributed by atoms with Crippen LogP contribution in [0.1, 0.15) is 0 Å². The van der Waals surface area contributed by atoms with Crippen LogP contribution < -0.4 is 9.64 Å². The number of halogens is 7. The molecule has 38 heavy (non-hydrogen) atoms. The lowest BCUT2D eigenvalue weighted by atomic mass is 10.2. The predicted octanol–water partition coefficient (Wildman–Crippen LogP) is 3.89. The number of carbonyl (C=O) groups excluding carboxylic acids is 1. The number of amides is 1. The molecule has 2 aromatic carbocycles. The number of benzene rings is 2. The molecule has 1 aliphatic heterocycles. The van der Waals surface area contributed by atoms with Gasteiger partial charge >= 0.3 is 23.0 Å². The topological polar surface area (TPSA) is 110 Å². The Morgan fingerprint density at radius 1 is 0.947 bits per heavy atom. The first kappa shape index (κ1) is 28.9. The van der Waals surface area contributed by atoms with E-state index in [1.807, 2.05) is 35.2 Å². The zero-order valence-electron chi connectivity index (χ0n) is 19.0. The lowest BCUT2D eigenvalue weighted by Gasteiger charge is -2.36. The van der Waals surface area contributed by atoms with E-state index >= 15 is 0 Å². The lowest BCUT2D eigenvalue weighted by molar-refractivity contribution is -0.386. The number of para-hydroxylation sites is 1. The van der Waals surface area contributed by atoms with Crippen LogP contribution in [0.4, 0.5) is 42.1 Å². The third-order valence-corrected chi connectivity index (χ3v) is 7.41. The second-order valence-electron chi connectivity index (χ2n) is 7.97. The van der Waals surface area contributed by atoms with E-state index in [1.165, 1.54) is 4.90 Å². The minimum Gasteiger partial charge on any atom is -0.477 e. The van der Waals surface area contributed by atoms with E-state index in [0.29, 0.717) is 19.2 Å². The SMILES string of the molecule is O=C(COc1ccc(S(=O)(=O)C(F)(F)C(F)(F)C(F)(F)F)cc1[N+](=O)[O-])N1CCN(c2ccccc2)CC1. The molecule has 1 amide bonds. The summed E-state index contributed by atoms with van der Waals surface area (Å²) >= 11 is 0. The highest BCUT2D eigenvalue weighted by atomic mass is 32.2. The lowest BCUT2D eigenvalue weighted by Crippen LogP contribution is -2.55. The number of anilines is 1. The standard InChI is InChI=1S/C21H18F7N3O6S/c22-19(23,20(24,25)26)21(27,28)38(35,36)15-6-7-17(16(12-15)31(33)34)37-13-18(32)30-10-8-29(9-11-30)14-4-2-1-3-5-14/h1-7,12H,8-11,13H2. The van der Waals surface area contributed by atoms with E-state index in [9.17, 15) is 54.1 Å². The Labute approximate surface area is 210 Å². The summed E-state index contributed by atoms with van der Waals surface area (Å²) in [6.45, 7) is 0.650. The van der Waals surface area contributed by atoms with Crippen molar-refractivity contribution >= 4 is 27.1 Å². The Balaban J connectivity index is 1.74. The van der Waals surface area contributed by atoms with Crippen LogP contribution in [0.5, 0.6) is 5.75 Å². The van der Waals surface area contributed by atoms with Gasteiger partial charge in [0.1, 0.15) is 0 Å². The van der Waals surface area contributed by atoms with E-state index in [-0.39, 0.29) is 25.2 Å². The van der Waals surface area contributed by atoms with Gasteiger partial charge in [0.15, 0.2) is 12.4 Å².